The van der Waals surface area contributed by atoms with Crippen LogP contribution in [0.4, 0.5) is 0 Å². The highest BCUT2D eigenvalue weighted by molar-refractivity contribution is 7.11. The zero-order valence-electron chi connectivity index (χ0n) is 10.1. The van der Waals surface area contributed by atoms with Crippen LogP contribution in [-0.4, -0.2) is 12.1 Å². The van der Waals surface area contributed by atoms with Crippen LogP contribution < -0.4 is 5.32 Å². The lowest BCUT2D eigenvalue weighted by Crippen LogP contribution is -2.36. The minimum absolute atomic E-state index is 0.227. The van der Waals surface area contributed by atoms with E-state index in [0.717, 1.165) is 13.0 Å². The molecule has 1 rings (SSSR count). The summed E-state index contributed by atoms with van der Waals surface area (Å²) in [5.41, 5.74) is 1.62. The number of thiophene rings is 1. The average Bonchev–Trinajstić information content (AvgIpc) is 2.63. The van der Waals surface area contributed by atoms with Crippen molar-refractivity contribution in [3.8, 4) is 0 Å². The van der Waals surface area contributed by atoms with Gasteiger partial charge in [0.2, 0.25) is 0 Å². The van der Waals surface area contributed by atoms with Crippen molar-refractivity contribution in [3.63, 3.8) is 0 Å². The normalized spacial score (nSPS) is 13.2. The number of allylic oxidation sites excluding steroid dienone is 1. The van der Waals surface area contributed by atoms with E-state index in [1.807, 2.05) is 0 Å². The topological polar surface area (TPSA) is 12.0 Å². The summed E-state index contributed by atoms with van der Waals surface area (Å²) in [5.74, 6) is 0. The van der Waals surface area contributed by atoms with Gasteiger partial charge in [-0.05, 0) is 57.7 Å². The van der Waals surface area contributed by atoms with Gasteiger partial charge < -0.3 is 5.32 Å². The third-order valence-corrected chi connectivity index (χ3v) is 3.17. The Morgan fingerprint density at radius 3 is 2.73 bits per heavy atom. The molecule has 0 aromatic carbocycles. The molecule has 1 N–H and O–H groups in total. The highest BCUT2D eigenvalue weighted by Gasteiger charge is 2.06. The number of rotatable bonds is 4. The first-order valence-corrected chi connectivity index (χ1v) is 6.33. The van der Waals surface area contributed by atoms with Crippen LogP contribution in [0.3, 0.4) is 0 Å². The molecule has 0 radical (unpaired) electrons. The van der Waals surface area contributed by atoms with E-state index in [1.165, 1.54) is 10.5 Å². The van der Waals surface area contributed by atoms with E-state index >= 15 is 0 Å². The van der Waals surface area contributed by atoms with Crippen molar-refractivity contribution in [2.45, 2.75) is 39.7 Å². The molecule has 0 spiro atoms. The monoisotopic (exact) mass is 223 g/mol. The fourth-order valence-electron chi connectivity index (χ4n) is 1.34. The molecule has 0 amide bonds. The summed E-state index contributed by atoms with van der Waals surface area (Å²) in [4.78, 5) is 1.38. The Bertz CT molecular complexity index is 304. The lowest BCUT2D eigenvalue weighted by molar-refractivity contribution is 0.431. The van der Waals surface area contributed by atoms with E-state index < -0.39 is 0 Å². The van der Waals surface area contributed by atoms with Crippen LogP contribution in [0.15, 0.2) is 23.6 Å². The molecule has 84 valence electrons. The van der Waals surface area contributed by atoms with Crippen molar-refractivity contribution in [2.24, 2.45) is 0 Å². The smallest absolute Gasteiger partial charge is 0.0296 e. The maximum Gasteiger partial charge on any atom is 0.0296 e. The summed E-state index contributed by atoms with van der Waals surface area (Å²) in [7, 11) is 0. The average molecular weight is 223 g/mol. The Hall–Kier alpha value is -0.600. The van der Waals surface area contributed by atoms with Gasteiger partial charge in [-0.1, -0.05) is 12.1 Å². The number of hydrogen-bond acceptors (Lipinski definition) is 2. The Balaban J connectivity index is 2.33. The maximum absolute atomic E-state index is 3.48. The molecule has 1 aromatic rings. The highest BCUT2D eigenvalue weighted by Crippen LogP contribution is 2.19. The van der Waals surface area contributed by atoms with Gasteiger partial charge in [-0.15, -0.1) is 11.3 Å². The predicted octanol–water partition coefficient (Wildman–Crippen LogP) is 3.93. The molecule has 2 heteroatoms. The standard InChI is InChI=1S/C13H21NS/c1-11(12-8-6-10-15-12)7-5-9-14-13(2,3)4/h6-8,10,14H,5,9H2,1-4H3. The molecule has 15 heavy (non-hydrogen) atoms. The fraction of sp³-hybridized carbons (Fsp3) is 0.538. The molecule has 0 aliphatic heterocycles. The van der Waals surface area contributed by atoms with Crippen molar-refractivity contribution >= 4 is 16.9 Å². The molecule has 1 heterocycles. The third kappa shape index (κ3) is 5.14. The fourth-order valence-corrected chi connectivity index (χ4v) is 2.07. The molecule has 0 bridgehead atoms. The SMILES string of the molecule is CC(=CCCNC(C)(C)C)c1cccs1. The molecule has 0 saturated heterocycles. The van der Waals surface area contributed by atoms with Crippen molar-refractivity contribution < 1.29 is 0 Å². The molecule has 1 nitrogen and oxygen atoms in total. The van der Waals surface area contributed by atoms with Crippen molar-refractivity contribution in [1.82, 2.24) is 5.32 Å². The minimum Gasteiger partial charge on any atom is -0.312 e. The molecule has 0 unspecified atom stereocenters. The van der Waals surface area contributed by atoms with Crippen LogP contribution in [0.2, 0.25) is 0 Å². The minimum atomic E-state index is 0.227. The van der Waals surface area contributed by atoms with E-state index in [9.17, 15) is 0 Å². The van der Waals surface area contributed by atoms with Crippen LogP contribution in [0.1, 0.15) is 39.0 Å². The summed E-state index contributed by atoms with van der Waals surface area (Å²) < 4.78 is 0. The number of nitrogens with one attached hydrogen (secondary N) is 1. The lowest BCUT2D eigenvalue weighted by Gasteiger charge is -2.19. The quantitative estimate of drug-likeness (QED) is 0.763. The Kier molecular flexibility index (Phi) is 4.55. The molecule has 0 aliphatic carbocycles. The molecular formula is C13H21NS. The van der Waals surface area contributed by atoms with E-state index in [-0.39, 0.29) is 5.54 Å². The van der Waals surface area contributed by atoms with Crippen molar-refractivity contribution in [3.05, 3.63) is 28.5 Å². The van der Waals surface area contributed by atoms with Gasteiger partial charge in [0.25, 0.3) is 0 Å². The second kappa shape index (κ2) is 5.47. The van der Waals surface area contributed by atoms with Crippen LogP contribution >= 0.6 is 11.3 Å². The zero-order chi connectivity index (χ0) is 11.3. The van der Waals surface area contributed by atoms with Gasteiger partial charge in [0.15, 0.2) is 0 Å². The first-order chi connectivity index (χ1) is 6.99. The van der Waals surface area contributed by atoms with E-state index in [4.69, 9.17) is 0 Å². The van der Waals surface area contributed by atoms with Gasteiger partial charge in [0.05, 0.1) is 0 Å². The van der Waals surface area contributed by atoms with E-state index in [0.29, 0.717) is 0 Å². The number of hydrogen-bond donors (Lipinski definition) is 1. The summed E-state index contributed by atoms with van der Waals surface area (Å²) in [5, 5.41) is 5.61. The molecule has 0 saturated carbocycles. The second-order valence-corrected chi connectivity index (χ2v) is 5.78. The van der Waals surface area contributed by atoms with Crippen LogP contribution in [0.25, 0.3) is 5.57 Å². The first-order valence-electron chi connectivity index (χ1n) is 5.45. The highest BCUT2D eigenvalue weighted by atomic mass is 32.1. The Morgan fingerprint density at radius 2 is 2.20 bits per heavy atom. The van der Waals surface area contributed by atoms with Crippen LogP contribution in [0.5, 0.6) is 0 Å². The van der Waals surface area contributed by atoms with Crippen LogP contribution in [-0.2, 0) is 0 Å². The molecule has 0 atom stereocenters. The predicted molar refractivity (Wildman–Crippen MR) is 70.3 cm³/mol. The molecule has 1 aromatic heterocycles. The Morgan fingerprint density at radius 1 is 1.47 bits per heavy atom. The lowest BCUT2D eigenvalue weighted by atomic mass is 10.1. The van der Waals surface area contributed by atoms with Gasteiger partial charge in [-0.25, -0.2) is 0 Å². The first kappa shape index (κ1) is 12.5. The Labute approximate surface area is 97.2 Å². The van der Waals surface area contributed by atoms with E-state index in [2.05, 4.69) is 56.6 Å². The third-order valence-electron chi connectivity index (χ3n) is 2.16. The zero-order valence-corrected chi connectivity index (χ0v) is 10.9. The molecule has 0 fully saturated rings. The van der Waals surface area contributed by atoms with Crippen molar-refractivity contribution in [1.29, 1.82) is 0 Å². The second-order valence-electron chi connectivity index (χ2n) is 4.83. The largest absolute Gasteiger partial charge is 0.312 e. The summed E-state index contributed by atoms with van der Waals surface area (Å²) in [6, 6.07) is 4.28. The molecular weight excluding hydrogens is 202 g/mol. The van der Waals surface area contributed by atoms with Gasteiger partial charge in [-0.3, -0.25) is 0 Å². The van der Waals surface area contributed by atoms with E-state index in [1.54, 1.807) is 11.3 Å². The van der Waals surface area contributed by atoms with Gasteiger partial charge >= 0.3 is 0 Å². The molecule has 0 aliphatic rings. The van der Waals surface area contributed by atoms with Gasteiger partial charge in [-0.2, -0.15) is 0 Å². The summed E-state index contributed by atoms with van der Waals surface area (Å²) >= 11 is 1.81. The van der Waals surface area contributed by atoms with Gasteiger partial charge in [0.1, 0.15) is 0 Å². The summed E-state index contributed by atoms with van der Waals surface area (Å²) in [6.07, 6.45) is 3.41. The summed E-state index contributed by atoms with van der Waals surface area (Å²) in [6.45, 7) is 9.82. The van der Waals surface area contributed by atoms with Gasteiger partial charge in [0, 0.05) is 10.4 Å². The maximum atomic E-state index is 3.48. The van der Waals surface area contributed by atoms with Crippen molar-refractivity contribution in [2.75, 3.05) is 6.54 Å². The van der Waals surface area contributed by atoms with Crippen LogP contribution in [0, 0.1) is 0 Å².